The lowest BCUT2D eigenvalue weighted by Gasteiger charge is -2.31. The molecule has 0 aromatic heterocycles. The molecule has 1 amide bonds. The van der Waals surface area contributed by atoms with E-state index in [-0.39, 0.29) is 35.6 Å². The molecule has 0 bridgehead atoms. The van der Waals surface area contributed by atoms with E-state index >= 15 is 0 Å². The van der Waals surface area contributed by atoms with E-state index in [0.29, 0.717) is 29.8 Å². The number of amides is 1. The van der Waals surface area contributed by atoms with Crippen LogP contribution >= 0.6 is 11.6 Å². The molecule has 0 atom stereocenters. The number of nitrogens with zero attached hydrogens (tertiary/aromatic N) is 1. The van der Waals surface area contributed by atoms with Gasteiger partial charge in [-0.3, -0.25) is 9.59 Å². The molecule has 1 N–H and O–H groups in total. The van der Waals surface area contributed by atoms with Crippen LogP contribution in [0.5, 0.6) is 0 Å². The minimum Gasteiger partial charge on any atom is -0.325 e. The van der Waals surface area contributed by atoms with Gasteiger partial charge in [0, 0.05) is 35.3 Å². The fourth-order valence-electron chi connectivity index (χ4n) is 4.08. The first-order chi connectivity index (χ1) is 15.2. The van der Waals surface area contributed by atoms with Gasteiger partial charge in [0.25, 0.3) is 0 Å². The molecular weight excluding hydrogens is 448 g/mol. The van der Waals surface area contributed by atoms with Crippen LogP contribution in [0.15, 0.2) is 41.3 Å². The number of ketones is 1. The fourth-order valence-corrected chi connectivity index (χ4v) is 5.88. The number of aryl methyl sites for hydroxylation is 1. The lowest BCUT2D eigenvalue weighted by molar-refractivity contribution is -0.120. The summed E-state index contributed by atoms with van der Waals surface area (Å²) < 4.78 is 27.5. The molecule has 1 heterocycles. The number of piperidine rings is 1. The Bertz CT molecular complexity index is 1120. The van der Waals surface area contributed by atoms with Gasteiger partial charge in [-0.2, -0.15) is 4.31 Å². The number of hydrogen-bond acceptors (Lipinski definition) is 4. The van der Waals surface area contributed by atoms with Crippen LogP contribution in [0.25, 0.3) is 0 Å². The summed E-state index contributed by atoms with van der Waals surface area (Å²) in [5, 5.41) is 3.70. The third-order valence-corrected chi connectivity index (χ3v) is 8.28. The van der Waals surface area contributed by atoms with Gasteiger partial charge in [0.1, 0.15) is 0 Å². The van der Waals surface area contributed by atoms with Gasteiger partial charge in [-0.1, -0.05) is 43.6 Å². The number of carbonyl (C=O) groups is 2. The second-order valence-electron chi connectivity index (χ2n) is 8.02. The normalized spacial score (nSPS) is 15.5. The van der Waals surface area contributed by atoms with E-state index < -0.39 is 10.0 Å². The largest absolute Gasteiger partial charge is 0.325 e. The molecule has 2 aromatic rings. The number of benzene rings is 2. The maximum absolute atomic E-state index is 13.0. The predicted molar refractivity (Wildman–Crippen MR) is 127 cm³/mol. The average Bonchev–Trinajstić information content (AvgIpc) is 2.79. The Morgan fingerprint density at radius 3 is 2.38 bits per heavy atom. The van der Waals surface area contributed by atoms with Gasteiger partial charge < -0.3 is 5.32 Å². The van der Waals surface area contributed by atoms with Crippen LogP contribution in [0.1, 0.15) is 55.1 Å². The zero-order chi connectivity index (χ0) is 23.5. The molecule has 2 aromatic carbocycles. The van der Waals surface area contributed by atoms with Crippen molar-refractivity contribution >= 4 is 39.0 Å². The molecule has 6 nitrogen and oxygen atoms in total. The van der Waals surface area contributed by atoms with Crippen LogP contribution in [0, 0.1) is 5.92 Å². The first kappa shape index (κ1) is 24.4. The standard InChI is InChI=1S/C24H29ClN2O4S/c1-4-17-9-10-22(25)21(5-2)23(17)26-24(29)18-11-13-27(14-12-18)32(30,31)20-8-6-7-19(15-20)16(3)28/h6-10,15,18H,4-5,11-14H2,1-3H3,(H,26,29). The number of anilines is 1. The van der Waals surface area contributed by atoms with Crippen molar-refractivity contribution in [1.29, 1.82) is 0 Å². The highest BCUT2D eigenvalue weighted by Crippen LogP contribution is 2.31. The molecule has 0 radical (unpaired) electrons. The summed E-state index contributed by atoms with van der Waals surface area (Å²) in [7, 11) is -3.72. The molecule has 1 aliphatic heterocycles. The quantitative estimate of drug-likeness (QED) is 0.587. The van der Waals surface area contributed by atoms with Crippen LogP contribution in [-0.2, 0) is 27.7 Å². The highest BCUT2D eigenvalue weighted by atomic mass is 35.5. The highest BCUT2D eigenvalue weighted by molar-refractivity contribution is 7.89. The fraction of sp³-hybridized carbons (Fsp3) is 0.417. The molecule has 3 rings (SSSR count). The third kappa shape index (κ3) is 5.05. The summed E-state index contributed by atoms with van der Waals surface area (Å²) in [5.74, 6) is -0.568. The Labute approximate surface area is 195 Å². The zero-order valence-electron chi connectivity index (χ0n) is 18.7. The Hall–Kier alpha value is -2.22. The van der Waals surface area contributed by atoms with Gasteiger partial charge in [0.05, 0.1) is 4.90 Å². The molecule has 1 fully saturated rings. The molecule has 0 aliphatic carbocycles. The molecule has 0 saturated carbocycles. The lowest BCUT2D eigenvalue weighted by atomic mass is 9.96. The van der Waals surface area contributed by atoms with Gasteiger partial charge in [-0.25, -0.2) is 8.42 Å². The van der Waals surface area contributed by atoms with Crippen molar-refractivity contribution in [1.82, 2.24) is 4.31 Å². The molecular formula is C24H29ClN2O4S. The van der Waals surface area contributed by atoms with Crippen LogP contribution < -0.4 is 5.32 Å². The number of rotatable bonds is 7. The minimum absolute atomic E-state index is 0.104. The Morgan fingerprint density at radius 2 is 1.78 bits per heavy atom. The van der Waals surface area contributed by atoms with Crippen LogP contribution in [0.4, 0.5) is 5.69 Å². The number of sulfonamides is 1. The summed E-state index contributed by atoms with van der Waals surface area (Å²) in [6.45, 7) is 5.94. The van der Waals surface area contributed by atoms with Crippen molar-refractivity contribution in [2.75, 3.05) is 18.4 Å². The van der Waals surface area contributed by atoms with Gasteiger partial charge in [-0.05, 0) is 61.9 Å². The second kappa shape index (κ2) is 10.1. The topological polar surface area (TPSA) is 83.6 Å². The monoisotopic (exact) mass is 476 g/mol. The van der Waals surface area contributed by atoms with Gasteiger partial charge >= 0.3 is 0 Å². The van der Waals surface area contributed by atoms with E-state index in [1.54, 1.807) is 12.1 Å². The third-order valence-electron chi connectivity index (χ3n) is 6.03. The van der Waals surface area contributed by atoms with E-state index in [1.807, 2.05) is 26.0 Å². The number of Topliss-reactive ketones (excluding diaryl/α,β-unsaturated/α-hetero) is 1. The first-order valence-electron chi connectivity index (χ1n) is 10.9. The minimum atomic E-state index is -3.72. The molecule has 1 saturated heterocycles. The van der Waals surface area contributed by atoms with E-state index in [4.69, 9.17) is 11.6 Å². The number of nitrogens with one attached hydrogen (secondary N) is 1. The summed E-state index contributed by atoms with van der Waals surface area (Å²) in [6.07, 6.45) is 2.34. The summed E-state index contributed by atoms with van der Waals surface area (Å²) in [5.41, 5.74) is 3.10. The Morgan fingerprint density at radius 1 is 1.09 bits per heavy atom. The second-order valence-corrected chi connectivity index (χ2v) is 10.4. The van der Waals surface area contributed by atoms with E-state index in [2.05, 4.69) is 5.32 Å². The molecule has 32 heavy (non-hydrogen) atoms. The smallest absolute Gasteiger partial charge is 0.243 e. The van der Waals surface area contributed by atoms with E-state index in [1.165, 1.54) is 23.4 Å². The molecule has 1 aliphatic rings. The molecule has 0 unspecified atom stereocenters. The van der Waals surface area contributed by atoms with Gasteiger partial charge in [0.2, 0.25) is 15.9 Å². The SMILES string of the molecule is CCc1ccc(Cl)c(CC)c1NC(=O)C1CCN(S(=O)(=O)c2cccc(C(C)=O)c2)CC1. The van der Waals surface area contributed by atoms with Crippen molar-refractivity contribution in [3.05, 3.63) is 58.1 Å². The Kier molecular flexibility index (Phi) is 7.75. The number of halogens is 1. The summed E-state index contributed by atoms with van der Waals surface area (Å²) >= 11 is 6.34. The molecule has 172 valence electrons. The van der Waals surface area contributed by atoms with Crippen LogP contribution in [-0.4, -0.2) is 37.5 Å². The van der Waals surface area contributed by atoms with Gasteiger partial charge in [0.15, 0.2) is 5.78 Å². The van der Waals surface area contributed by atoms with Gasteiger partial charge in [-0.15, -0.1) is 0 Å². The number of hydrogen-bond donors (Lipinski definition) is 1. The summed E-state index contributed by atoms with van der Waals surface area (Å²) in [4.78, 5) is 24.7. The van der Waals surface area contributed by atoms with Crippen LogP contribution in [0.3, 0.4) is 0 Å². The van der Waals surface area contributed by atoms with Crippen molar-refractivity contribution in [2.45, 2.75) is 51.3 Å². The molecule has 8 heteroatoms. The van der Waals surface area contributed by atoms with Crippen molar-refractivity contribution < 1.29 is 18.0 Å². The number of carbonyl (C=O) groups excluding carboxylic acids is 2. The van der Waals surface area contributed by atoms with Crippen molar-refractivity contribution in [3.63, 3.8) is 0 Å². The predicted octanol–water partition coefficient (Wildman–Crippen LogP) is 4.71. The maximum atomic E-state index is 13.0. The van der Waals surface area contributed by atoms with Crippen LogP contribution in [0.2, 0.25) is 5.02 Å². The maximum Gasteiger partial charge on any atom is 0.243 e. The first-order valence-corrected chi connectivity index (χ1v) is 12.7. The van der Waals surface area contributed by atoms with E-state index in [0.717, 1.165) is 23.2 Å². The lowest BCUT2D eigenvalue weighted by Crippen LogP contribution is -2.41. The zero-order valence-corrected chi connectivity index (χ0v) is 20.2. The summed E-state index contributed by atoms with van der Waals surface area (Å²) in [6, 6.07) is 9.88. The Balaban J connectivity index is 1.71. The highest BCUT2D eigenvalue weighted by Gasteiger charge is 2.32. The molecule has 0 spiro atoms. The van der Waals surface area contributed by atoms with Crippen molar-refractivity contribution in [2.24, 2.45) is 5.92 Å². The van der Waals surface area contributed by atoms with E-state index in [9.17, 15) is 18.0 Å². The van der Waals surface area contributed by atoms with Crippen molar-refractivity contribution in [3.8, 4) is 0 Å². The average molecular weight is 477 g/mol.